The molecular formula is C32H35FN4O4S. The number of pyridine rings is 1. The van der Waals surface area contributed by atoms with Crippen LogP contribution in [0.3, 0.4) is 0 Å². The van der Waals surface area contributed by atoms with Crippen molar-refractivity contribution in [3.63, 3.8) is 0 Å². The van der Waals surface area contributed by atoms with E-state index >= 15 is 4.39 Å². The highest BCUT2D eigenvalue weighted by molar-refractivity contribution is 7.14. The number of thiazole rings is 1. The SMILES string of the molecule is O=C(O)CC1C(=O)N(c2nc(-c3ccccc3-c3ccc(N4CCCC4=O)nc3)c(F)s2)CCCCC1C1CCCC1. The molecule has 2 atom stereocenters. The van der Waals surface area contributed by atoms with Crippen molar-refractivity contribution in [2.24, 2.45) is 17.8 Å². The zero-order chi connectivity index (χ0) is 29.2. The maximum absolute atomic E-state index is 15.7. The molecule has 1 aliphatic carbocycles. The average Bonchev–Trinajstić information content (AvgIpc) is 3.75. The molecule has 3 fully saturated rings. The lowest BCUT2D eigenvalue weighted by molar-refractivity contribution is -0.142. The highest BCUT2D eigenvalue weighted by Gasteiger charge is 2.40. The summed E-state index contributed by atoms with van der Waals surface area (Å²) in [5, 5.41) is 9.49. The Morgan fingerprint density at radius 3 is 2.38 bits per heavy atom. The largest absolute Gasteiger partial charge is 0.481 e. The summed E-state index contributed by atoms with van der Waals surface area (Å²) in [6, 6.07) is 11.0. The molecule has 1 aromatic carbocycles. The molecule has 220 valence electrons. The van der Waals surface area contributed by atoms with E-state index in [0.717, 1.165) is 73.8 Å². The monoisotopic (exact) mass is 590 g/mol. The van der Waals surface area contributed by atoms with Crippen LogP contribution in [0.2, 0.25) is 0 Å². The molecule has 2 saturated heterocycles. The lowest BCUT2D eigenvalue weighted by atomic mass is 9.74. The summed E-state index contributed by atoms with van der Waals surface area (Å²) in [6.45, 7) is 1.04. The van der Waals surface area contributed by atoms with Crippen LogP contribution in [0.15, 0.2) is 42.6 Å². The number of aromatic nitrogens is 2. The molecule has 0 spiro atoms. The van der Waals surface area contributed by atoms with Gasteiger partial charge in [0.25, 0.3) is 0 Å². The van der Waals surface area contributed by atoms with Gasteiger partial charge in [0.2, 0.25) is 16.9 Å². The first-order valence-corrected chi connectivity index (χ1v) is 15.8. The Hall–Kier alpha value is -3.66. The van der Waals surface area contributed by atoms with Crippen molar-refractivity contribution in [3.8, 4) is 22.4 Å². The van der Waals surface area contributed by atoms with E-state index in [2.05, 4.69) is 9.97 Å². The molecule has 2 amide bonds. The number of hydrogen-bond donors (Lipinski definition) is 1. The van der Waals surface area contributed by atoms with Crippen LogP contribution in [0, 0.1) is 22.9 Å². The zero-order valence-corrected chi connectivity index (χ0v) is 24.3. The Labute approximate surface area is 248 Å². The Morgan fingerprint density at radius 1 is 0.952 bits per heavy atom. The molecule has 2 unspecified atom stereocenters. The van der Waals surface area contributed by atoms with E-state index in [4.69, 9.17) is 0 Å². The third-order valence-electron chi connectivity index (χ3n) is 9.07. The molecule has 1 saturated carbocycles. The van der Waals surface area contributed by atoms with E-state index in [-0.39, 0.29) is 35.0 Å². The fourth-order valence-electron chi connectivity index (χ4n) is 7.02. The Bertz CT molecular complexity index is 1470. The van der Waals surface area contributed by atoms with E-state index in [9.17, 15) is 19.5 Å². The van der Waals surface area contributed by atoms with E-state index in [1.807, 2.05) is 24.3 Å². The summed E-state index contributed by atoms with van der Waals surface area (Å²) in [6.07, 6.45) is 9.63. The molecule has 42 heavy (non-hydrogen) atoms. The summed E-state index contributed by atoms with van der Waals surface area (Å²) in [4.78, 5) is 50.4. The van der Waals surface area contributed by atoms with Crippen molar-refractivity contribution >= 4 is 40.1 Å². The summed E-state index contributed by atoms with van der Waals surface area (Å²) in [5.74, 6) is -0.826. The number of carboxylic acids is 1. The van der Waals surface area contributed by atoms with Gasteiger partial charge in [-0.3, -0.25) is 24.2 Å². The third kappa shape index (κ3) is 5.69. The Morgan fingerprint density at radius 2 is 1.69 bits per heavy atom. The van der Waals surface area contributed by atoms with Crippen molar-refractivity contribution in [1.82, 2.24) is 9.97 Å². The first kappa shape index (κ1) is 28.5. The summed E-state index contributed by atoms with van der Waals surface area (Å²) >= 11 is 0.833. The normalized spacial score (nSPS) is 22.0. The number of carbonyl (C=O) groups excluding carboxylic acids is 2. The van der Waals surface area contributed by atoms with Crippen molar-refractivity contribution in [1.29, 1.82) is 0 Å². The second kappa shape index (κ2) is 12.3. The first-order chi connectivity index (χ1) is 20.4. The van der Waals surface area contributed by atoms with Gasteiger partial charge in [0.05, 0.1) is 12.3 Å². The van der Waals surface area contributed by atoms with Gasteiger partial charge in [-0.25, -0.2) is 9.97 Å². The first-order valence-electron chi connectivity index (χ1n) is 15.0. The van der Waals surface area contributed by atoms with Gasteiger partial charge < -0.3 is 5.11 Å². The maximum Gasteiger partial charge on any atom is 0.304 e. The lowest BCUT2D eigenvalue weighted by Gasteiger charge is -2.35. The maximum atomic E-state index is 15.7. The van der Waals surface area contributed by atoms with Crippen molar-refractivity contribution < 1.29 is 23.9 Å². The molecule has 10 heteroatoms. The van der Waals surface area contributed by atoms with Gasteiger partial charge in [0.15, 0.2) is 5.13 Å². The van der Waals surface area contributed by atoms with E-state index in [1.165, 1.54) is 4.90 Å². The van der Waals surface area contributed by atoms with Gasteiger partial charge in [0.1, 0.15) is 11.5 Å². The summed E-state index contributed by atoms with van der Waals surface area (Å²) in [5.41, 5.74) is 2.23. The minimum atomic E-state index is -0.981. The highest BCUT2D eigenvalue weighted by atomic mass is 32.1. The molecule has 2 aliphatic heterocycles. The number of carboxylic acid groups (broad SMARTS) is 1. The Balaban J connectivity index is 1.31. The van der Waals surface area contributed by atoms with Gasteiger partial charge in [0, 0.05) is 36.8 Å². The molecule has 1 N–H and O–H groups in total. The standard InChI is InChI=1S/C32H35FN4O4S/c33-30-29(24-12-4-3-10-23(24)21-14-15-26(34-19-21)36-17-7-13-27(36)38)35-32(42-30)37-16-6-5-11-22(20-8-1-2-9-20)25(31(37)41)18-28(39)40/h3-4,10,12,14-15,19-20,22,25H,1-2,5-9,11,13,16-18H2,(H,39,40). The van der Waals surface area contributed by atoms with Crippen LogP contribution in [0.1, 0.15) is 64.2 Å². The summed E-state index contributed by atoms with van der Waals surface area (Å²) in [7, 11) is 0. The number of amides is 2. The van der Waals surface area contributed by atoms with Crippen LogP contribution in [0.25, 0.3) is 22.4 Å². The van der Waals surface area contributed by atoms with Crippen LogP contribution >= 0.6 is 11.3 Å². The predicted octanol–water partition coefficient (Wildman–Crippen LogP) is 6.55. The average molecular weight is 591 g/mol. The van der Waals surface area contributed by atoms with Gasteiger partial charge in [-0.1, -0.05) is 67.7 Å². The van der Waals surface area contributed by atoms with Crippen molar-refractivity contribution in [2.75, 3.05) is 22.9 Å². The smallest absolute Gasteiger partial charge is 0.304 e. The molecule has 0 bridgehead atoms. The number of hydrogen-bond acceptors (Lipinski definition) is 6. The zero-order valence-electron chi connectivity index (χ0n) is 23.5. The molecule has 3 aliphatic rings. The molecule has 2 aromatic heterocycles. The van der Waals surface area contributed by atoms with Crippen LogP contribution in [0.5, 0.6) is 0 Å². The minimum Gasteiger partial charge on any atom is -0.481 e. The van der Waals surface area contributed by atoms with Gasteiger partial charge >= 0.3 is 5.97 Å². The number of aliphatic carboxylic acids is 1. The van der Waals surface area contributed by atoms with Crippen LogP contribution in [-0.4, -0.2) is 45.9 Å². The van der Waals surface area contributed by atoms with Gasteiger partial charge in [-0.15, -0.1) is 0 Å². The van der Waals surface area contributed by atoms with E-state index in [0.29, 0.717) is 36.8 Å². The quantitative estimate of drug-likeness (QED) is 0.335. The topological polar surface area (TPSA) is 104 Å². The highest BCUT2D eigenvalue weighted by Crippen LogP contribution is 2.43. The van der Waals surface area contributed by atoms with Crippen LogP contribution in [-0.2, 0) is 14.4 Å². The minimum absolute atomic E-state index is 0.0234. The fraction of sp³-hybridized carbons (Fsp3) is 0.469. The number of rotatable bonds is 7. The molecule has 6 rings (SSSR count). The van der Waals surface area contributed by atoms with Crippen LogP contribution in [0.4, 0.5) is 15.3 Å². The van der Waals surface area contributed by atoms with Gasteiger partial charge in [-0.05, 0) is 48.8 Å². The molecule has 4 heterocycles. The molecular weight excluding hydrogens is 555 g/mol. The van der Waals surface area contributed by atoms with E-state index in [1.54, 1.807) is 23.2 Å². The van der Waals surface area contributed by atoms with Gasteiger partial charge in [-0.2, -0.15) is 4.39 Å². The van der Waals surface area contributed by atoms with Crippen molar-refractivity contribution in [3.05, 3.63) is 47.7 Å². The number of nitrogens with zero attached hydrogens (tertiary/aromatic N) is 4. The van der Waals surface area contributed by atoms with Crippen molar-refractivity contribution in [2.45, 2.75) is 64.2 Å². The number of benzene rings is 1. The molecule has 8 nitrogen and oxygen atoms in total. The second-order valence-electron chi connectivity index (χ2n) is 11.6. The summed E-state index contributed by atoms with van der Waals surface area (Å²) < 4.78 is 15.7. The molecule has 3 aromatic rings. The molecule has 0 radical (unpaired) electrons. The fourth-order valence-corrected chi connectivity index (χ4v) is 7.86. The number of carbonyl (C=O) groups is 3. The number of anilines is 2. The number of halogens is 1. The van der Waals surface area contributed by atoms with Crippen LogP contribution < -0.4 is 9.80 Å². The van der Waals surface area contributed by atoms with E-state index < -0.39 is 17.0 Å². The predicted molar refractivity (Wildman–Crippen MR) is 160 cm³/mol. The third-order valence-corrected chi connectivity index (χ3v) is 9.93. The second-order valence-corrected chi connectivity index (χ2v) is 12.5. The lowest BCUT2D eigenvalue weighted by Crippen LogP contribution is -2.44. The Kier molecular flexibility index (Phi) is 8.33.